The molecular formula is C18H30N2. The molecule has 1 saturated carbocycles. The third kappa shape index (κ3) is 4.59. The van der Waals surface area contributed by atoms with Gasteiger partial charge < -0.3 is 5.32 Å². The standard InChI is InChI=1S/C18H30N2/c1-3-13-19-18(17-12-11-15(2)20-14-17)16-9-7-5-4-6-8-10-16/h11-12,14,16,18-19H,3-10,13H2,1-2H3. The summed E-state index contributed by atoms with van der Waals surface area (Å²) in [7, 11) is 0. The summed E-state index contributed by atoms with van der Waals surface area (Å²) in [6.07, 6.45) is 13.1. The maximum Gasteiger partial charge on any atom is 0.0372 e. The van der Waals surface area contributed by atoms with Gasteiger partial charge in [0, 0.05) is 17.9 Å². The van der Waals surface area contributed by atoms with Crippen LogP contribution in [0.5, 0.6) is 0 Å². The average molecular weight is 274 g/mol. The maximum atomic E-state index is 4.50. The highest BCUT2D eigenvalue weighted by molar-refractivity contribution is 5.18. The molecule has 1 aromatic heterocycles. The molecule has 1 aliphatic rings. The summed E-state index contributed by atoms with van der Waals surface area (Å²) in [4.78, 5) is 4.50. The van der Waals surface area contributed by atoms with E-state index >= 15 is 0 Å². The normalized spacial score (nSPS) is 19.3. The number of pyridine rings is 1. The first-order valence-electron chi connectivity index (χ1n) is 8.47. The molecule has 0 saturated heterocycles. The van der Waals surface area contributed by atoms with E-state index in [4.69, 9.17) is 0 Å². The molecule has 0 aliphatic heterocycles. The topological polar surface area (TPSA) is 24.9 Å². The highest BCUT2D eigenvalue weighted by Crippen LogP contribution is 2.32. The average Bonchev–Trinajstić information content (AvgIpc) is 2.42. The van der Waals surface area contributed by atoms with Crippen molar-refractivity contribution in [1.82, 2.24) is 10.3 Å². The van der Waals surface area contributed by atoms with Crippen molar-refractivity contribution in [2.24, 2.45) is 5.92 Å². The summed E-state index contributed by atoms with van der Waals surface area (Å²) in [6, 6.07) is 4.92. The predicted octanol–water partition coefficient (Wildman–Crippen LogP) is 4.79. The van der Waals surface area contributed by atoms with Crippen LogP contribution >= 0.6 is 0 Å². The van der Waals surface area contributed by atoms with Gasteiger partial charge in [0.25, 0.3) is 0 Å². The van der Waals surface area contributed by atoms with E-state index in [0.717, 1.165) is 18.2 Å². The smallest absolute Gasteiger partial charge is 0.0372 e. The number of aryl methyl sites for hydroxylation is 1. The summed E-state index contributed by atoms with van der Waals surface area (Å²) in [5, 5.41) is 3.78. The third-order valence-electron chi connectivity index (χ3n) is 4.53. The van der Waals surface area contributed by atoms with Crippen LogP contribution in [0.3, 0.4) is 0 Å². The maximum absolute atomic E-state index is 4.50. The van der Waals surface area contributed by atoms with Crippen LogP contribution in [0.15, 0.2) is 18.3 Å². The van der Waals surface area contributed by atoms with Gasteiger partial charge in [0.05, 0.1) is 0 Å². The van der Waals surface area contributed by atoms with Crippen LogP contribution in [0.25, 0.3) is 0 Å². The molecule has 0 amide bonds. The molecule has 2 nitrogen and oxygen atoms in total. The molecule has 112 valence electrons. The molecule has 0 radical (unpaired) electrons. The van der Waals surface area contributed by atoms with E-state index in [1.165, 1.54) is 56.9 Å². The van der Waals surface area contributed by atoms with E-state index < -0.39 is 0 Å². The lowest BCUT2D eigenvalue weighted by Gasteiger charge is -2.30. The van der Waals surface area contributed by atoms with Crippen LogP contribution < -0.4 is 5.32 Å². The van der Waals surface area contributed by atoms with Gasteiger partial charge in [-0.3, -0.25) is 4.98 Å². The van der Waals surface area contributed by atoms with Gasteiger partial charge in [-0.1, -0.05) is 45.1 Å². The van der Waals surface area contributed by atoms with Crippen LogP contribution in [0.4, 0.5) is 0 Å². The molecule has 1 aromatic rings. The summed E-state index contributed by atoms with van der Waals surface area (Å²) in [5.41, 5.74) is 2.50. The van der Waals surface area contributed by atoms with Crippen LogP contribution in [0.1, 0.15) is 75.6 Å². The minimum Gasteiger partial charge on any atom is -0.310 e. The SMILES string of the molecule is CCCNC(c1ccc(C)nc1)C1CCCCCCC1. The lowest BCUT2D eigenvalue weighted by Crippen LogP contribution is -2.29. The number of hydrogen-bond donors (Lipinski definition) is 1. The van der Waals surface area contributed by atoms with Gasteiger partial charge in [0.2, 0.25) is 0 Å². The summed E-state index contributed by atoms with van der Waals surface area (Å²) >= 11 is 0. The molecule has 20 heavy (non-hydrogen) atoms. The Hall–Kier alpha value is -0.890. The Labute approximate surface area is 124 Å². The molecule has 0 aromatic carbocycles. The zero-order chi connectivity index (χ0) is 14.2. The first kappa shape index (κ1) is 15.5. The van der Waals surface area contributed by atoms with Gasteiger partial charge in [0.1, 0.15) is 0 Å². The molecule has 1 fully saturated rings. The van der Waals surface area contributed by atoms with Gasteiger partial charge in [-0.05, 0) is 50.3 Å². The highest BCUT2D eigenvalue weighted by atomic mass is 14.9. The van der Waals surface area contributed by atoms with E-state index in [1.807, 2.05) is 0 Å². The molecule has 1 aliphatic carbocycles. The zero-order valence-corrected chi connectivity index (χ0v) is 13.2. The number of nitrogens with one attached hydrogen (secondary N) is 1. The van der Waals surface area contributed by atoms with Gasteiger partial charge in [-0.2, -0.15) is 0 Å². The minimum absolute atomic E-state index is 0.501. The fourth-order valence-corrected chi connectivity index (χ4v) is 3.34. The summed E-state index contributed by atoms with van der Waals surface area (Å²) in [6.45, 7) is 5.42. The monoisotopic (exact) mass is 274 g/mol. The van der Waals surface area contributed by atoms with Gasteiger partial charge in [-0.15, -0.1) is 0 Å². The van der Waals surface area contributed by atoms with Crippen molar-refractivity contribution >= 4 is 0 Å². The Kier molecular flexibility index (Phi) is 6.52. The number of hydrogen-bond acceptors (Lipinski definition) is 2. The van der Waals surface area contributed by atoms with Gasteiger partial charge in [-0.25, -0.2) is 0 Å². The Morgan fingerprint density at radius 1 is 1.15 bits per heavy atom. The quantitative estimate of drug-likeness (QED) is 0.835. The second-order valence-corrected chi connectivity index (χ2v) is 6.27. The molecule has 2 rings (SSSR count). The number of aromatic nitrogens is 1. The molecule has 1 unspecified atom stereocenters. The van der Waals surface area contributed by atoms with Crippen molar-refractivity contribution in [2.75, 3.05) is 6.54 Å². The molecule has 2 heteroatoms. The minimum atomic E-state index is 0.501. The first-order chi connectivity index (χ1) is 9.81. The van der Waals surface area contributed by atoms with Crippen molar-refractivity contribution < 1.29 is 0 Å². The van der Waals surface area contributed by atoms with Crippen LogP contribution in [0.2, 0.25) is 0 Å². The van der Waals surface area contributed by atoms with E-state index in [-0.39, 0.29) is 0 Å². The van der Waals surface area contributed by atoms with Crippen LogP contribution in [-0.2, 0) is 0 Å². The lowest BCUT2D eigenvalue weighted by atomic mass is 9.83. The van der Waals surface area contributed by atoms with Crippen LogP contribution in [-0.4, -0.2) is 11.5 Å². The molecule has 1 N–H and O–H groups in total. The fraction of sp³-hybridized carbons (Fsp3) is 0.722. The lowest BCUT2D eigenvalue weighted by molar-refractivity contribution is 0.288. The summed E-state index contributed by atoms with van der Waals surface area (Å²) in [5.74, 6) is 0.784. The molecule has 1 atom stereocenters. The third-order valence-corrected chi connectivity index (χ3v) is 4.53. The number of rotatable bonds is 5. The largest absolute Gasteiger partial charge is 0.310 e. The Bertz CT molecular complexity index is 364. The van der Waals surface area contributed by atoms with E-state index in [2.05, 4.69) is 42.5 Å². The Balaban J connectivity index is 2.09. The predicted molar refractivity (Wildman–Crippen MR) is 85.8 cm³/mol. The van der Waals surface area contributed by atoms with Crippen molar-refractivity contribution in [2.45, 2.75) is 71.3 Å². The highest BCUT2D eigenvalue weighted by Gasteiger charge is 2.23. The fourth-order valence-electron chi connectivity index (χ4n) is 3.34. The van der Waals surface area contributed by atoms with Crippen molar-refractivity contribution in [1.29, 1.82) is 0 Å². The van der Waals surface area contributed by atoms with Crippen LogP contribution in [0, 0.1) is 12.8 Å². The van der Waals surface area contributed by atoms with Gasteiger partial charge in [0.15, 0.2) is 0 Å². The molecule has 0 bridgehead atoms. The molecule has 1 heterocycles. The van der Waals surface area contributed by atoms with Crippen molar-refractivity contribution in [3.05, 3.63) is 29.6 Å². The second-order valence-electron chi connectivity index (χ2n) is 6.27. The van der Waals surface area contributed by atoms with Crippen molar-refractivity contribution in [3.63, 3.8) is 0 Å². The first-order valence-corrected chi connectivity index (χ1v) is 8.47. The second kappa shape index (κ2) is 8.41. The number of nitrogens with zero attached hydrogens (tertiary/aromatic N) is 1. The molecule has 0 spiro atoms. The Morgan fingerprint density at radius 2 is 1.85 bits per heavy atom. The van der Waals surface area contributed by atoms with E-state index in [0.29, 0.717) is 6.04 Å². The zero-order valence-electron chi connectivity index (χ0n) is 13.2. The van der Waals surface area contributed by atoms with Gasteiger partial charge >= 0.3 is 0 Å². The van der Waals surface area contributed by atoms with E-state index in [9.17, 15) is 0 Å². The Morgan fingerprint density at radius 3 is 2.45 bits per heavy atom. The van der Waals surface area contributed by atoms with E-state index in [1.54, 1.807) is 0 Å². The van der Waals surface area contributed by atoms with Crippen molar-refractivity contribution in [3.8, 4) is 0 Å². The summed E-state index contributed by atoms with van der Waals surface area (Å²) < 4.78 is 0. The molecular weight excluding hydrogens is 244 g/mol.